The Labute approximate surface area is 203 Å². The lowest BCUT2D eigenvalue weighted by Gasteiger charge is -2.26. The van der Waals surface area contributed by atoms with Crippen LogP contribution in [0.5, 0.6) is 0 Å². The monoisotopic (exact) mass is 513 g/mol. The Kier molecular flexibility index (Phi) is 6.43. The molecular weight excluding hydrogens is 485 g/mol. The highest BCUT2D eigenvalue weighted by molar-refractivity contribution is 7.89. The number of sulfonamides is 1. The fourth-order valence-corrected chi connectivity index (χ4v) is 6.78. The van der Waals surface area contributed by atoms with Crippen LogP contribution in [-0.2, 0) is 17.1 Å². The number of aromatic nitrogens is 2. The molecule has 9 nitrogen and oxygen atoms in total. The molecule has 2 aliphatic rings. The molecule has 2 aliphatic carbocycles. The van der Waals surface area contributed by atoms with Crippen LogP contribution in [0.4, 0.5) is 15.9 Å². The van der Waals surface area contributed by atoms with Gasteiger partial charge in [-0.1, -0.05) is 11.6 Å². The molecule has 2 aromatic rings. The number of carbonyl (C=O) groups is 1. The molecule has 1 aromatic heterocycles. The Bertz CT molecular complexity index is 1220. The molecule has 2 atom stereocenters. The second kappa shape index (κ2) is 8.78. The van der Waals surface area contributed by atoms with Crippen molar-refractivity contribution in [2.45, 2.75) is 37.2 Å². The molecule has 0 spiro atoms. The summed E-state index contributed by atoms with van der Waals surface area (Å²) in [4.78, 5) is 13.1. The summed E-state index contributed by atoms with van der Waals surface area (Å²) in [6.07, 6.45) is 2.13. The van der Waals surface area contributed by atoms with E-state index in [1.807, 2.05) is 0 Å². The number of nitrogens with zero attached hydrogens (tertiary/aromatic N) is 3. The number of halogens is 2. The number of fused-ring (bicyclic) bond motifs is 1. The number of aryl methyl sites for hydroxylation is 1. The van der Waals surface area contributed by atoms with Crippen LogP contribution in [-0.4, -0.2) is 59.0 Å². The number of nitrogens with one attached hydrogen (secondary N) is 1. The van der Waals surface area contributed by atoms with Crippen LogP contribution in [0.15, 0.2) is 18.2 Å². The average Bonchev–Trinajstić information content (AvgIpc) is 3.33. The molecule has 0 radical (unpaired) electrons. The number of rotatable bonds is 6. The zero-order valence-electron chi connectivity index (χ0n) is 19.3. The third-order valence-electron chi connectivity index (χ3n) is 7.04. The number of hydrogen-bond acceptors (Lipinski definition) is 6. The van der Waals surface area contributed by atoms with Crippen molar-refractivity contribution in [1.29, 1.82) is 0 Å². The lowest BCUT2D eigenvalue weighted by atomic mass is 9.92. The highest BCUT2D eigenvalue weighted by atomic mass is 35.5. The first-order valence-electron chi connectivity index (χ1n) is 11.0. The molecule has 0 saturated heterocycles. The zero-order valence-corrected chi connectivity index (χ0v) is 20.8. The Morgan fingerprint density at radius 3 is 2.53 bits per heavy atom. The molecule has 12 heteroatoms. The first-order chi connectivity index (χ1) is 15.8. The predicted octanol–water partition coefficient (Wildman–Crippen LogP) is 2.57. The zero-order chi connectivity index (χ0) is 25.0. The van der Waals surface area contributed by atoms with Gasteiger partial charge in [0.05, 0.1) is 22.1 Å². The van der Waals surface area contributed by atoms with Gasteiger partial charge in [0, 0.05) is 32.7 Å². The lowest BCUT2D eigenvalue weighted by molar-refractivity contribution is 0.0603. The number of amides is 1. The van der Waals surface area contributed by atoms with Crippen LogP contribution in [0, 0.1) is 17.7 Å². The molecular formula is C22H29ClFN5O4S. The van der Waals surface area contributed by atoms with Gasteiger partial charge in [-0.25, -0.2) is 17.1 Å². The van der Waals surface area contributed by atoms with E-state index in [9.17, 15) is 22.7 Å². The van der Waals surface area contributed by atoms with E-state index in [-0.39, 0.29) is 39.9 Å². The molecule has 2 saturated carbocycles. The molecule has 1 heterocycles. The maximum Gasteiger partial charge on any atom is 0.261 e. The van der Waals surface area contributed by atoms with E-state index in [4.69, 9.17) is 17.3 Å². The second-order valence-electron chi connectivity index (χ2n) is 9.71. The maximum atomic E-state index is 13.5. The summed E-state index contributed by atoms with van der Waals surface area (Å²) in [5.74, 6) is -0.928. The number of nitrogens with two attached hydrogens (primary N) is 1. The number of anilines is 2. The minimum atomic E-state index is -3.53. The summed E-state index contributed by atoms with van der Waals surface area (Å²) in [5.41, 5.74) is 6.09. The molecule has 1 amide bonds. The van der Waals surface area contributed by atoms with Crippen LogP contribution in [0.2, 0.25) is 5.02 Å². The average molecular weight is 514 g/mol. The third kappa shape index (κ3) is 4.66. The summed E-state index contributed by atoms with van der Waals surface area (Å²) >= 11 is 5.82. The lowest BCUT2D eigenvalue weighted by Crippen LogP contribution is -2.40. The second-order valence-corrected chi connectivity index (χ2v) is 12.3. The van der Waals surface area contributed by atoms with E-state index in [2.05, 4.69) is 10.4 Å². The first kappa shape index (κ1) is 24.9. The highest BCUT2D eigenvalue weighted by Gasteiger charge is 2.51. The minimum Gasteiger partial charge on any atom is -0.389 e. The van der Waals surface area contributed by atoms with Crippen LogP contribution >= 0.6 is 11.6 Å². The third-order valence-corrected chi connectivity index (χ3v) is 9.35. The molecule has 2 unspecified atom stereocenters. The molecule has 0 bridgehead atoms. The maximum absolute atomic E-state index is 13.5. The van der Waals surface area contributed by atoms with Gasteiger partial charge in [-0.05, 0) is 55.7 Å². The van der Waals surface area contributed by atoms with E-state index in [1.165, 1.54) is 37.0 Å². The van der Waals surface area contributed by atoms with Crippen molar-refractivity contribution in [2.75, 3.05) is 30.9 Å². The molecule has 0 aliphatic heterocycles. The van der Waals surface area contributed by atoms with Crippen molar-refractivity contribution >= 4 is 39.0 Å². The standard InChI is InChI=1S/C22H29ClFN5O4S/c1-28(2)34(32,33)11-22(31)9-13-6-12(7-14(13)10-22)19-18(20(25)29(3)27-19)21(30)26-15-4-5-17(24)16(23)8-15/h4-5,8,12-14,31H,6-7,9-11,25H2,1-3H3,(H,26,30). The Morgan fingerprint density at radius 1 is 1.35 bits per heavy atom. The van der Waals surface area contributed by atoms with Gasteiger partial charge >= 0.3 is 0 Å². The van der Waals surface area contributed by atoms with Crippen molar-refractivity contribution in [3.63, 3.8) is 0 Å². The van der Waals surface area contributed by atoms with E-state index in [1.54, 1.807) is 7.05 Å². The van der Waals surface area contributed by atoms with Gasteiger partial charge in [0.1, 0.15) is 17.2 Å². The van der Waals surface area contributed by atoms with Crippen molar-refractivity contribution < 1.29 is 22.7 Å². The fourth-order valence-electron chi connectivity index (χ4n) is 5.43. The SMILES string of the molecule is CN(C)S(=O)(=O)CC1(O)CC2CC(c3nn(C)c(N)c3C(=O)Nc3ccc(F)c(Cl)c3)CC2C1. The number of hydrogen-bond donors (Lipinski definition) is 3. The first-order valence-corrected chi connectivity index (χ1v) is 13.0. The fraction of sp³-hybridized carbons (Fsp3) is 0.545. The minimum absolute atomic E-state index is 0.0499. The highest BCUT2D eigenvalue weighted by Crippen LogP contribution is 2.54. The van der Waals surface area contributed by atoms with Crippen LogP contribution < -0.4 is 11.1 Å². The molecule has 4 rings (SSSR count). The van der Waals surface area contributed by atoms with Crippen LogP contribution in [0.3, 0.4) is 0 Å². The molecule has 1 aromatic carbocycles. The van der Waals surface area contributed by atoms with E-state index in [0.717, 1.165) is 4.31 Å². The van der Waals surface area contributed by atoms with Crippen LogP contribution in [0.25, 0.3) is 0 Å². The van der Waals surface area contributed by atoms with Crippen molar-refractivity contribution in [1.82, 2.24) is 14.1 Å². The molecule has 4 N–H and O–H groups in total. The molecule has 2 fully saturated rings. The smallest absolute Gasteiger partial charge is 0.261 e. The van der Waals surface area contributed by atoms with Gasteiger partial charge in [0.15, 0.2) is 0 Å². The van der Waals surface area contributed by atoms with Crippen molar-refractivity contribution in [3.8, 4) is 0 Å². The Morgan fingerprint density at radius 2 is 1.97 bits per heavy atom. The predicted molar refractivity (Wildman–Crippen MR) is 128 cm³/mol. The molecule has 186 valence electrons. The molecule has 34 heavy (non-hydrogen) atoms. The van der Waals surface area contributed by atoms with Gasteiger partial charge < -0.3 is 16.2 Å². The van der Waals surface area contributed by atoms with Crippen LogP contribution in [0.1, 0.15) is 47.7 Å². The van der Waals surface area contributed by atoms with Gasteiger partial charge in [-0.3, -0.25) is 9.48 Å². The quantitative estimate of drug-likeness (QED) is 0.544. The van der Waals surface area contributed by atoms with E-state index < -0.39 is 27.3 Å². The summed E-state index contributed by atoms with van der Waals surface area (Å²) in [7, 11) is 1.05. The van der Waals surface area contributed by atoms with Crippen molar-refractivity contribution in [2.24, 2.45) is 18.9 Å². The van der Waals surface area contributed by atoms with E-state index in [0.29, 0.717) is 37.1 Å². The van der Waals surface area contributed by atoms with Gasteiger partial charge in [0.25, 0.3) is 5.91 Å². The number of benzene rings is 1. The largest absolute Gasteiger partial charge is 0.389 e. The summed E-state index contributed by atoms with van der Waals surface area (Å²) in [6.45, 7) is 0. The number of carbonyl (C=O) groups excluding carboxylic acids is 1. The normalized spacial score (nSPS) is 26.7. The Balaban J connectivity index is 1.51. The number of nitrogen functional groups attached to an aromatic ring is 1. The van der Waals surface area contributed by atoms with Gasteiger partial charge in [-0.15, -0.1) is 0 Å². The Hall–Kier alpha value is -2.21. The van der Waals surface area contributed by atoms with Gasteiger partial charge in [-0.2, -0.15) is 5.10 Å². The number of aliphatic hydroxyl groups is 1. The summed E-state index contributed by atoms with van der Waals surface area (Å²) in [5, 5.41) is 18.1. The topological polar surface area (TPSA) is 131 Å². The summed E-state index contributed by atoms with van der Waals surface area (Å²) < 4.78 is 40.7. The van der Waals surface area contributed by atoms with E-state index >= 15 is 0 Å². The summed E-state index contributed by atoms with van der Waals surface area (Å²) in [6, 6.07) is 3.90. The van der Waals surface area contributed by atoms with Crippen molar-refractivity contribution in [3.05, 3.63) is 40.3 Å². The van der Waals surface area contributed by atoms with Gasteiger partial charge in [0.2, 0.25) is 10.0 Å².